The first kappa shape index (κ1) is 28.4. The average Bonchev–Trinajstić information content (AvgIpc) is 3.08. The molecule has 0 heterocycles. The molecule has 0 spiro atoms. The Balaban J connectivity index is 1.55. The number of benzene rings is 6. The Kier molecular flexibility index (Phi) is 8.81. The summed E-state index contributed by atoms with van der Waals surface area (Å²) in [4.78, 5) is 0. The minimum absolute atomic E-state index is 0.991. The van der Waals surface area contributed by atoms with E-state index in [0.717, 1.165) is 31.8 Å². The first-order valence-corrected chi connectivity index (χ1v) is 18.7. The molecule has 42 heavy (non-hydrogen) atoms. The van der Waals surface area contributed by atoms with Gasteiger partial charge in [0.05, 0.1) is 0 Å². The summed E-state index contributed by atoms with van der Waals surface area (Å²) in [5.74, 6) is 0. The van der Waals surface area contributed by atoms with E-state index in [0.29, 0.717) is 0 Å². The van der Waals surface area contributed by atoms with Gasteiger partial charge in [-0.15, -0.1) is 0 Å². The number of hydrogen-bond donors (Lipinski definition) is 0. The normalized spacial score (nSPS) is 13.2. The van der Waals surface area contributed by atoms with Gasteiger partial charge < -0.3 is 0 Å². The van der Waals surface area contributed by atoms with Gasteiger partial charge in [0.15, 0.2) is 0 Å². The maximum absolute atomic E-state index is 14.7. The van der Waals surface area contributed by atoms with Crippen LogP contribution in [0.2, 0.25) is 0 Å². The Labute approximate surface area is 251 Å². The molecule has 0 aliphatic heterocycles. The van der Waals surface area contributed by atoms with Gasteiger partial charge in [-0.3, -0.25) is 0 Å². The first-order valence-electron chi connectivity index (χ1n) is 13.9. The summed E-state index contributed by atoms with van der Waals surface area (Å²) >= 11 is -2.14. The van der Waals surface area contributed by atoms with Crippen LogP contribution in [0, 0.1) is 0 Å². The Morgan fingerprint density at radius 1 is 0.310 bits per heavy atom. The molecule has 0 N–H and O–H groups in total. The molecule has 0 fully saturated rings. The molecule has 0 aromatic heterocycles. The van der Waals surface area contributed by atoms with Crippen LogP contribution in [-0.4, -0.2) is 4.21 Å². The predicted octanol–water partition coefficient (Wildman–Crippen LogP) is 5.88. The Morgan fingerprint density at radius 2 is 0.476 bits per heavy atom. The van der Waals surface area contributed by atoms with Gasteiger partial charge in [0.1, 0.15) is 0 Å². The molecule has 6 aromatic carbocycles. The second kappa shape index (κ2) is 13.0. The third kappa shape index (κ3) is 5.53. The van der Waals surface area contributed by atoms with Crippen LogP contribution in [-0.2, 0) is 19.3 Å². The van der Waals surface area contributed by atoms with Crippen LogP contribution in [0.5, 0.6) is 0 Å². The topological polar surface area (TPSA) is 35.5 Å². The van der Waals surface area contributed by atoms with E-state index >= 15 is 0 Å². The van der Waals surface area contributed by atoms with Gasteiger partial charge >= 0.3 is 252 Å². The molecule has 210 valence electrons. The van der Waals surface area contributed by atoms with Gasteiger partial charge in [-0.2, -0.15) is 0 Å². The fourth-order valence-electron chi connectivity index (χ4n) is 5.55. The molecule has 6 aromatic rings. The summed E-state index contributed by atoms with van der Waals surface area (Å²) in [5, 5.41) is 5.95. The van der Waals surface area contributed by atoms with Crippen molar-refractivity contribution in [3.63, 3.8) is 0 Å². The summed E-state index contributed by atoms with van der Waals surface area (Å²) in [6.45, 7) is 0. The van der Waals surface area contributed by atoms with E-state index in [4.69, 9.17) is 7.94 Å². The average molecular weight is 607 g/mol. The van der Waals surface area contributed by atoms with E-state index in [1.165, 1.54) is 0 Å². The van der Waals surface area contributed by atoms with Gasteiger partial charge in [-0.05, 0) is 0 Å². The van der Waals surface area contributed by atoms with Gasteiger partial charge in [0.2, 0.25) is 0 Å². The van der Waals surface area contributed by atoms with E-state index in [-0.39, 0.29) is 0 Å². The summed E-state index contributed by atoms with van der Waals surface area (Å²) in [7, 11) is -6.58. The van der Waals surface area contributed by atoms with E-state index < -0.39 is 26.3 Å². The summed E-state index contributed by atoms with van der Waals surface area (Å²) in [6.07, 6.45) is 0. The minimum atomic E-state index is -3.29. The fraction of sp³-hybridized carbons (Fsp3) is 0. The zero-order chi connectivity index (χ0) is 28.7. The second-order valence-electron chi connectivity index (χ2n) is 9.93. The van der Waals surface area contributed by atoms with Crippen molar-refractivity contribution in [2.75, 3.05) is 0 Å². The van der Waals surface area contributed by atoms with Crippen molar-refractivity contribution in [3.05, 3.63) is 182 Å². The number of rotatable bonds is 10. The molecular weight excluding hydrogens is 574 g/mol. The SMILES string of the molecule is O=S(O[PH](c1ccccc1)(c1ccccc1)c1ccccc1)O[PH](c1ccccc1)(c1ccccc1)c1ccccc1. The Bertz CT molecular complexity index is 1400. The van der Waals surface area contributed by atoms with Crippen molar-refractivity contribution in [1.82, 2.24) is 0 Å². The Hall–Kier alpha value is -3.75. The van der Waals surface area contributed by atoms with Crippen LogP contribution in [0.4, 0.5) is 0 Å². The quantitative estimate of drug-likeness (QED) is 0.183. The fourth-order valence-corrected chi connectivity index (χ4v) is 15.9. The third-order valence-corrected chi connectivity index (χ3v) is 17.4. The third-order valence-electron chi connectivity index (χ3n) is 7.47. The zero-order valence-corrected chi connectivity index (χ0v) is 25.8. The van der Waals surface area contributed by atoms with E-state index in [2.05, 4.69) is 72.8 Å². The van der Waals surface area contributed by atoms with Crippen molar-refractivity contribution in [2.24, 2.45) is 0 Å². The van der Waals surface area contributed by atoms with E-state index in [9.17, 15) is 4.21 Å². The molecular formula is C36H32O3P2S. The summed E-state index contributed by atoms with van der Waals surface area (Å²) in [5.41, 5.74) is 0. The molecule has 0 bridgehead atoms. The first-order chi connectivity index (χ1) is 20.7. The van der Waals surface area contributed by atoms with Crippen molar-refractivity contribution in [1.29, 1.82) is 0 Å². The van der Waals surface area contributed by atoms with E-state index in [1.54, 1.807) is 0 Å². The Morgan fingerprint density at radius 3 is 0.643 bits per heavy atom. The van der Waals surface area contributed by atoms with Gasteiger partial charge in [-0.25, -0.2) is 0 Å². The molecule has 3 nitrogen and oxygen atoms in total. The molecule has 0 radical (unpaired) electrons. The van der Waals surface area contributed by atoms with Crippen molar-refractivity contribution >= 4 is 58.2 Å². The zero-order valence-electron chi connectivity index (χ0n) is 23.0. The molecule has 0 aliphatic rings. The molecule has 0 saturated carbocycles. The van der Waals surface area contributed by atoms with Crippen molar-refractivity contribution in [3.8, 4) is 0 Å². The van der Waals surface area contributed by atoms with Gasteiger partial charge in [-0.1, -0.05) is 0 Å². The second-order valence-corrected chi connectivity index (χ2v) is 17.9. The molecule has 0 unspecified atom stereocenters. The maximum atomic E-state index is 14.7. The molecule has 0 aliphatic carbocycles. The molecule has 6 rings (SSSR count). The van der Waals surface area contributed by atoms with Crippen molar-refractivity contribution < 1.29 is 12.1 Å². The number of hydrogen-bond acceptors (Lipinski definition) is 3. The van der Waals surface area contributed by atoms with Crippen LogP contribution < -0.4 is 31.8 Å². The summed E-state index contributed by atoms with van der Waals surface area (Å²) < 4.78 is 28.5. The van der Waals surface area contributed by atoms with Crippen molar-refractivity contribution in [2.45, 2.75) is 0 Å². The van der Waals surface area contributed by atoms with Crippen LogP contribution in [0.3, 0.4) is 0 Å². The van der Waals surface area contributed by atoms with Crippen LogP contribution in [0.15, 0.2) is 182 Å². The van der Waals surface area contributed by atoms with Gasteiger partial charge in [0.25, 0.3) is 0 Å². The molecule has 6 heteroatoms. The molecule has 0 atom stereocenters. The standard InChI is InChI=1S/C36H32O3P2S/c37-42(38-40(31-19-7-1-8-20-31,32-21-9-2-10-22-32)33-23-11-3-12-24-33)39-41(34-25-13-4-14-26-34,35-27-15-5-16-28-35)36-29-17-6-18-30-36/h1-30,40-41H. The van der Waals surface area contributed by atoms with Crippen LogP contribution >= 0.6 is 15.0 Å². The summed E-state index contributed by atoms with van der Waals surface area (Å²) in [6, 6.07) is 60.9. The van der Waals surface area contributed by atoms with Crippen LogP contribution in [0.1, 0.15) is 0 Å². The molecule has 0 amide bonds. The molecule has 0 saturated heterocycles. The van der Waals surface area contributed by atoms with E-state index in [1.807, 2.05) is 109 Å². The monoisotopic (exact) mass is 606 g/mol. The van der Waals surface area contributed by atoms with Gasteiger partial charge in [0, 0.05) is 0 Å². The van der Waals surface area contributed by atoms with Crippen LogP contribution in [0.25, 0.3) is 0 Å². The predicted molar refractivity (Wildman–Crippen MR) is 183 cm³/mol.